The van der Waals surface area contributed by atoms with E-state index in [9.17, 15) is 23.5 Å². The van der Waals surface area contributed by atoms with E-state index in [1.165, 1.54) is 4.90 Å². The molecule has 3 aromatic carbocycles. The highest BCUT2D eigenvalue weighted by Gasteiger charge is 2.53. The van der Waals surface area contributed by atoms with Gasteiger partial charge in [0.05, 0.1) is 58.7 Å². The number of rotatable bonds is 6. The van der Waals surface area contributed by atoms with Gasteiger partial charge in [-0.05, 0) is 43.5 Å². The number of piperidine rings is 1. The third kappa shape index (κ3) is 5.52. The molecule has 4 atom stereocenters. The van der Waals surface area contributed by atoms with Gasteiger partial charge in [0, 0.05) is 66.4 Å². The predicted octanol–water partition coefficient (Wildman–Crippen LogP) is 6.92. The third-order valence-electron chi connectivity index (χ3n) is 11.6. The molecule has 6 aliphatic heterocycles. The Hall–Kier alpha value is -3.71. The lowest BCUT2D eigenvalue weighted by molar-refractivity contribution is -0.133. The van der Waals surface area contributed by atoms with Gasteiger partial charge in [-0.15, -0.1) is 0 Å². The molecule has 0 spiro atoms. The van der Waals surface area contributed by atoms with Crippen LogP contribution in [0.4, 0.5) is 24.5 Å². The molecule has 4 unspecified atom stereocenters. The van der Waals surface area contributed by atoms with Gasteiger partial charge in [-0.2, -0.15) is 0 Å². The Morgan fingerprint density at radius 1 is 0.882 bits per heavy atom. The zero-order valence-corrected chi connectivity index (χ0v) is 29.0. The molecule has 268 valence electrons. The number of ether oxygens (including phenoxy) is 2. The van der Waals surface area contributed by atoms with E-state index in [0.29, 0.717) is 48.9 Å². The molecule has 51 heavy (non-hydrogen) atoms. The fourth-order valence-electron chi connectivity index (χ4n) is 9.11. The Balaban J connectivity index is 0.947. The number of morpholine rings is 1. The maximum atomic E-state index is 15.7. The minimum Gasteiger partial charge on any atom is -0.478 e. The third-order valence-corrected chi connectivity index (χ3v) is 12.2. The second-order valence-corrected chi connectivity index (χ2v) is 15.5. The summed E-state index contributed by atoms with van der Waals surface area (Å²) >= 11 is 13.5. The number of anilines is 2. The number of hydrogen-bond acceptors (Lipinski definition) is 7. The van der Waals surface area contributed by atoms with Crippen LogP contribution in [0, 0.1) is 5.82 Å². The molecule has 9 nitrogen and oxygen atoms in total. The number of carboxylic acid groups (broad SMARTS) is 1. The number of carbonyl (C=O) groups excluding carboxylic acids is 1. The number of amides is 1. The van der Waals surface area contributed by atoms with E-state index in [2.05, 4.69) is 14.7 Å². The summed E-state index contributed by atoms with van der Waals surface area (Å²) in [5.41, 5.74) is 2.62. The van der Waals surface area contributed by atoms with Gasteiger partial charge in [0.1, 0.15) is 11.6 Å². The number of para-hydroxylation sites is 1. The van der Waals surface area contributed by atoms with E-state index >= 15 is 4.39 Å². The van der Waals surface area contributed by atoms with Crippen molar-refractivity contribution in [3.05, 3.63) is 75.0 Å². The number of benzene rings is 3. The summed E-state index contributed by atoms with van der Waals surface area (Å²) in [6, 6.07) is 11.7. The number of piperazine rings is 1. The van der Waals surface area contributed by atoms with Gasteiger partial charge in [-0.1, -0.05) is 41.4 Å². The summed E-state index contributed by atoms with van der Waals surface area (Å²) in [6.45, 7) is 2.37. The maximum absolute atomic E-state index is 15.7. The molecule has 1 N–H and O–H groups in total. The highest BCUT2D eigenvalue weighted by Crippen LogP contribution is 2.47. The zero-order chi connectivity index (χ0) is 35.3. The minimum atomic E-state index is -2.56. The average molecular weight is 744 g/mol. The van der Waals surface area contributed by atoms with Gasteiger partial charge >= 0.3 is 5.97 Å². The lowest BCUT2D eigenvalue weighted by atomic mass is 9.80. The van der Waals surface area contributed by atoms with Crippen molar-refractivity contribution in [3.63, 3.8) is 0 Å². The monoisotopic (exact) mass is 742 g/mol. The zero-order valence-electron chi connectivity index (χ0n) is 27.5. The van der Waals surface area contributed by atoms with Crippen molar-refractivity contribution in [2.45, 2.75) is 74.8 Å². The Kier molecular flexibility index (Phi) is 7.92. The Bertz CT molecular complexity index is 1910. The van der Waals surface area contributed by atoms with E-state index in [0.717, 1.165) is 31.0 Å². The summed E-state index contributed by atoms with van der Waals surface area (Å²) in [5.74, 6) is -4.45. The van der Waals surface area contributed by atoms with Crippen LogP contribution >= 0.6 is 23.2 Å². The second kappa shape index (κ2) is 12.2. The molecule has 1 amide bonds. The number of nitrogens with zero attached hydrogens (tertiary/aromatic N) is 4. The molecule has 4 bridgehead atoms. The molecule has 1 saturated carbocycles. The molecule has 3 aromatic rings. The fourth-order valence-corrected chi connectivity index (χ4v) is 9.75. The average Bonchev–Trinajstić information content (AvgIpc) is 3.32. The van der Waals surface area contributed by atoms with E-state index < -0.39 is 23.6 Å². The van der Waals surface area contributed by atoms with E-state index in [4.69, 9.17) is 32.7 Å². The van der Waals surface area contributed by atoms with Gasteiger partial charge in [-0.25, -0.2) is 18.0 Å². The van der Waals surface area contributed by atoms with E-state index in [1.54, 1.807) is 36.4 Å². The predicted molar refractivity (Wildman–Crippen MR) is 185 cm³/mol. The standard InChI is InChI=1S/C37H35Cl2F3N4O5/c38-29-7-22(45-23-6-24(45)15-43(14-23)25-11-37(41,42)12-25)8-30(39)33(29)35(47)44-13-19-2-1-3-26(34(19)51-18-44)27-10-32(28(36(48)49)9-31(27)40)46-20-4-5-21(46)17-50-16-20/h1-3,7-10,20-21,23-25H,4-6,11-18H2,(H,48,49). The van der Waals surface area contributed by atoms with Crippen LogP contribution in [0.15, 0.2) is 42.5 Å². The molecular formula is C37H35Cl2F3N4O5. The van der Waals surface area contributed by atoms with Crippen molar-refractivity contribution in [2.75, 3.05) is 42.8 Å². The number of carbonyl (C=O) groups is 2. The van der Waals surface area contributed by atoms with Crippen molar-refractivity contribution >= 4 is 46.5 Å². The molecule has 0 radical (unpaired) electrons. The molecule has 6 fully saturated rings. The fraction of sp³-hybridized carbons (Fsp3) is 0.459. The molecule has 5 saturated heterocycles. The van der Waals surface area contributed by atoms with Gasteiger partial charge < -0.3 is 29.3 Å². The first kappa shape index (κ1) is 33.1. The van der Waals surface area contributed by atoms with Crippen LogP contribution < -0.4 is 14.5 Å². The summed E-state index contributed by atoms with van der Waals surface area (Å²) in [6.07, 6.45) is 2.53. The number of carboxylic acids is 1. The largest absolute Gasteiger partial charge is 0.478 e. The summed E-state index contributed by atoms with van der Waals surface area (Å²) in [4.78, 5) is 34.1. The quantitative estimate of drug-likeness (QED) is 0.292. The highest BCUT2D eigenvalue weighted by molar-refractivity contribution is 6.40. The smallest absolute Gasteiger partial charge is 0.337 e. The Labute approximate surface area is 302 Å². The first-order valence-electron chi connectivity index (χ1n) is 17.3. The van der Waals surface area contributed by atoms with Crippen molar-refractivity contribution in [1.82, 2.24) is 9.80 Å². The lowest BCUT2D eigenvalue weighted by Crippen LogP contribution is -2.71. The summed E-state index contributed by atoms with van der Waals surface area (Å²) in [5, 5.41) is 10.4. The SMILES string of the molecule is O=C(O)c1cc(F)c(-c2cccc3c2OCN(C(=O)c2c(Cl)cc(N4C5CC4CN(C4CC(F)(F)C4)C5)cc2Cl)C3)cc1N1C2CCC1COC2. The van der Waals surface area contributed by atoms with Crippen LogP contribution in [0.3, 0.4) is 0 Å². The maximum Gasteiger partial charge on any atom is 0.337 e. The van der Waals surface area contributed by atoms with E-state index in [1.807, 2.05) is 0 Å². The number of hydrogen-bond donors (Lipinski definition) is 1. The first-order chi connectivity index (χ1) is 24.5. The second-order valence-electron chi connectivity index (χ2n) is 14.7. The highest BCUT2D eigenvalue weighted by atomic mass is 35.5. The molecule has 1 aliphatic carbocycles. The van der Waals surface area contributed by atoms with Crippen molar-refractivity contribution < 1.29 is 37.3 Å². The first-order valence-corrected chi connectivity index (χ1v) is 18.1. The topological polar surface area (TPSA) is 85.8 Å². The van der Waals surface area contributed by atoms with Gasteiger partial charge in [0.15, 0.2) is 6.73 Å². The van der Waals surface area contributed by atoms with Crippen molar-refractivity contribution in [2.24, 2.45) is 0 Å². The van der Waals surface area contributed by atoms with Crippen LogP contribution in [0.1, 0.15) is 58.4 Å². The number of alkyl halides is 2. The van der Waals surface area contributed by atoms with Crippen LogP contribution in [0.5, 0.6) is 5.75 Å². The molecule has 10 rings (SSSR count). The molecule has 6 heterocycles. The lowest BCUT2D eigenvalue weighted by Gasteiger charge is -2.60. The van der Waals surface area contributed by atoms with Gasteiger partial charge in [0.2, 0.25) is 0 Å². The Morgan fingerprint density at radius 2 is 1.57 bits per heavy atom. The van der Waals surface area contributed by atoms with Crippen LogP contribution in [0.2, 0.25) is 10.0 Å². The summed E-state index contributed by atoms with van der Waals surface area (Å²) in [7, 11) is 0. The van der Waals surface area contributed by atoms with E-state index in [-0.39, 0.29) is 83.1 Å². The molecule has 7 aliphatic rings. The number of aromatic carboxylic acids is 1. The normalized spacial score (nSPS) is 26.6. The number of halogens is 5. The number of fused-ring (bicyclic) bond motifs is 5. The van der Waals surface area contributed by atoms with Gasteiger partial charge in [-0.3, -0.25) is 9.69 Å². The van der Waals surface area contributed by atoms with Gasteiger partial charge in [0.25, 0.3) is 11.8 Å². The van der Waals surface area contributed by atoms with Crippen molar-refractivity contribution in [3.8, 4) is 16.9 Å². The van der Waals surface area contributed by atoms with Crippen LogP contribution in [-0.4, -0.2) is 95.9 Å². The van der Waals surface area contributed by atoms with Crippen molar-refractivity contribution in [1.29, 1.82) is 0 Å². The van der Waals surface area contributed by atoms with Crippen LogP contribution in [0.25, 0.3) is 11.1 Å². The Morgan fingerprint density at radius 3 is 2.22 bits per heavy atom. The molecular weight excluding hydrogens is 708 g/mol. The van der Waals surface area contributed by atoms with Crippen LogP contribution in [-0.2, 0) is 11.3 Å². The molecule has 14 heteroatoms. The molecule has 0 aromatic heterocycles. The summed E-state index contributed by atoms with van der Waals surface area (Å²) < 4.78 is 54.6. The minimum absolute atomic E-state index is 0.0135.